The van der Waals surface area contributed by atoms with Crippen molar-refractivity contribution < 1.29 is 17.9 Å². The second kappa shape index (κ2) is 6.52. The van der Waals surface area contributed by atoms with E-state index in [1.54, 1.807) is 23.9 Å². The Kier molecular flexibility index (Phi) is 5.55. The van der Waals surface area contributed by atoms with E-state index >= 15 is 0 Å². The van der Waals surface area contributed by atoms with Gasteiger partial charge in [0.05, 0.1) is 0 Å². The fourth-order valence-corrected chi connectivity index (χ4v) is 1.69. The maximum atomic E-state index is 12.2. The molecular weight excluding hydrogens is 275 g/mol. The van der Waals surface area contributed by atoms with Crippen molar-refractivity contribution in [3.8, 4) is 5.75 Å². The molecule has 0 aliphatic rings. The number of hydrogen-bond donors (Lipinski definition) is 1. The molecule has 0 unspecified atom stereocenters. The summed E-state index contributed by atoms with van der Waals surface area (Å²) in [6.45, 7) is 5.19. The summed E-state index contributed by atoms with van der Waals surface area (Å²) in [7, 11) is 0. The predicted octanol–water partition coefficient (Wildman–Crippen LogP) is 3.82. The Morgan fingerprint density at radius 2 is 1.84 bits per heavy atom. The molecule has 0 bridgehead atoms. The van der Waals surface area contributed by atoms with Crippen LogP contribution in [0.2, 0.25) is 0 Å². The van der Waals surface area contributed by atoms with Crippen LogP contribution in [0.15, 0.2) is 24.3 Å². The van der Waals surface area contributed by atoms with E-state index in [9.17, 15) is 13.2 Å². The molecular formula is C13H18F3NOS. The number of nitrogens with one attached hydrogen (secondary N) is 1. The van der Waals surface area contributed by atoms with Crippen LogP contribution >= 0.6 is 11.8 Å². The summed E-state index contributed by atoms with van der Waals surface area (Å²) in [5, 5.41) is 3.15. The van der Waals surface area contributed by atoms with Gasteiger partial charge in [-0.3, -0.25) is 0 Å². The molecule has 108 valence electrons. The van der Waals surface area contributed by atoms with Crippen molar-refractivity contribution >= 4 is 11.8 Å². The molecule has 0 saturated heterocycles. The summed E-state index contributed by atoms with van der Waals surface area (Å²) < 4.78 is 40.8. The Labute approximate surface area is 115 Å². The molecule has 0 aromatic heterocycles. The minimum Gasteiger partial charge on any atom is -0.405 e. The van der Waals surface area contributed by atoms with Crippen LogP contribution in [-0.4, -0.2) is 23.9 Å². The number of benzene rings is 1. The SMILES string of the molecule is CSC(C)(C)CNCc1ccccc1OC(F)(F)F. The lowest BCUT2D eigenvalue weighted by molar-refractivity contribution is -0.274. The van der Waals surface area contributed by atoms with Crippen LogP contribution in [0.25, 0.3) is 0 Å². The van der Waals surface area contributed by atoms with Crippen LogP contribution in [0, 0.1) is 0 Å². The molecule has 0 aliphatic heterocycles. The van der Waals surface area contributed by atoms with Gasteiger partial charge in [0.1, 0.15) is 5.75 Å². The van der Waals surface area contributed by atoms with Crippen LogP contribution in [0.4, 0.5) is 13.2 Å². The second-order valence-corrected chi connectivity index (χ2v) is 6.24. The molecule has 1 aromatic carbocycles. The van der Waals surface area contributed by atoms with Gasteiger partial charge in [0, 0.05) is 23.4 Å². The largest absolute Gasteiger partial charge is 0.573 e. The molecule has 0 radical (unpaired) electrons. The summed E-state index contributed by atoms with van der Waals surface area (Å²) in [6, 6.07) is 6.17. The highest BCUT2D eigenvalue weighted by Crippen LogP contribution is 2.26. The highest BCUT2D eigenvalue weighted by Gasteiger charge is 2.31. The fraction of sp³-hybridized carbons (Fsp3) is 0.538. The van der Waals surface area contributed by atoms with Gasteiger partial charge >= 0.3 is 6.36 Å². The molecule has 0 atom stereocenters. The first-order valence-electron chi connectivity index (χ1n) is 5.83. The average molecular weight is 293 g/mol. The zero-order chi connectivity index (χ0) is 14.5. The van der Waals surface area contributed by atoms with Crippen molar-refractivity contribution in [1.29, 1.82) is 0 Å². The molecule has 1 rings (SSSR count). The molecule has 0 aliphatic carbocycles. The summed E-state index contributed by atoms with van der Waals surface area (Å²) >= 11 is 1.70. The molecule has 0 spiro atoms. The number of thioether (sulfide) groups is 1. The number of ether oxygens (including phenoxy) is 1. The third-order valence-corrected chi connectivity index (χ3v) is 3.87. The average Bonchev–Trinajstić information content (AvgIpc) is 2.29. The maximum absolute atomic E-state index is 12.2. The number of alkyl halides is 3. The standard InChI is InChI=1S/C13H18F3NOS/c1-12(2,19-3)9-17-8-10-6-4-5-7-11(10)18-13(14,15)16/h4-7,17H,8-9H2,1-3H3. The lowest BCUT2D eigenvalue weighted by Crippen LogP contribution is -2.31. The molecule has 0 saturated carbocycles. The van der Waals surface area contributed by atoms with E-state index in [4.69, 9.17) is 0 Å². The Morgan fingerprint density at radius 1 is 1.21 bits per heavy atom. The molecule has 0 amide bonds. The van der Waals surface area contributed by atoms with Gasteiger partial charge in [0.15, 0.2) is 0 Å². The van der Waals surface area contributed by atoms with E-state index in [1.807, 2.05) is 6.26 Å². The zero-order valence-corrected chi connectivity index (χ0v) is 12.0. The number of hydrogen-bond acceptors (Lipinski definition) is 3. The third-order valence-electron chi connectivity index (χ3n) is 2.62. The second-order valence-electron chi connectivity index (χ2n) is 4.72. The molecule has 2 nitrogen and oxygen atoms in total. The van der Waals surface area contributed by atoms with Gasteiger partial charge in [0.25, 0.3) is 0 Å². The van der Waals surface area contributed by atoms with Crippen molar-refractivity contribution in [2.75, 3.05) is 12.8 Å². The molecule has 6 heteroatoms. The molecule has 0 heterocycles. The van der Waals surface area contributed by atoms with Crippen LogP contribution in [0.3, 0.4) is 0 Å². The van der Waals surface area contributed by atoms with Gasteiger partial charge in [-0.15, -0.1) is 13.2 Å². The van der Waals surface area contributed by atoms with Gasteiger partial charge in [-0.05, 0) is 26.2 Å². The monoisotopic (exact) mass is 293 g/mol. The highest BCUT2D eigenvalue weighted by atomic mass is 32.2. The molecule has 1 aromatic rings. The van der Waals surface area contributed by atoms with Gasteiger partial charge in [0.2, 0.25) is 0 Å². The fourth-order valence-electron chi connectivity index (χ4n) is 1.44. The van der Waals surface area contributed by atoms with E-state index in [1.165, 1.54) is 12.1 Å². The Balaban J connectivity index is 2.63. The first-order valence-corrected chi connectivity index (χ1v) is 7.05. The van der Waals surface area contributed by atoms with Crippen LogP contribution < -0.4 is 10.1 Å². The van der Waals surface area contributed by atoms with E-state index < -0.39 is 6.36 Å². The third kappa shape index (κ3) is 6.20. The summed E-state index contributed by atoms with van der Waals surface area (Å²) in [6.07, 6.45) is -2.66. The van der Waals surface area contributed by atoms with Gasteiger partial charge in [-0.2, -0.15) is 11.8 Å². The van der Waals surface area contributed by atoms with Gasteiger partial charge in [-0.1, -0.05) is 18.2 Å². The van der Waals surface area contributed by atoms with Crippen molar-refractivity contribution in [3.63, 3.8) is 0 Å². The number of para-hydroxylation sites is 1. The van der Waals surface area contributed by atoms with Gasteiger partial charge < -0.3 is 10.1 Å². The summed E-state index contributed by atoms with van der Waals surface area (Å²) in [4.78, 5) is 0. The smallest absolute Gasteiger partial charge is 0.405 e. The van der Waals surface area contributed by atoms with Crippen LogP contribution in [-0.2, 0) is 6.54 Å². The minimum absolute atomic E-state index is 0.0415. The first kappa shape index (κ1) is 16.2. The maximum Gasteiger partial charge on any atom is 0.573 e. The Hall–Kier alpha value is -0.880. The predicted molar refractivity (Wildman–Crippen MR) is 72.4 cm³/mol. The normalized spacial score (nSPS) is 12.5. The van der Waals surface area contributed by atoms with E-state index in [2.05, 4.69) is 23.9 Å². The Morgan fingerprint density at radius 3 is 2.42 bits per heavy atom. The van der Waals surface area contributed by atoms with Crippen LogP contribution in [0.1, 0.15) is 19.4 Å². The van der Waals surface area contributed by atoms with Crippen molar-refractivity contribution in [1.82, 2.24) is 5.32 Å². The first-order chi connectivity index (χ1) is 8.73. The molecule has 1 N–H and O–H groups in total. The highest BCUT2D eigenvalue weighted by molar-refractivity contribution is 7.99. The Bertz CT molecular complexity index is 407. The van der Waals surface area contributed by atoms with Crippen molar-refractivity contribution in [3.05, 3.63) is 29.8 Å². The van der Waals surface area contributed by atoms with Crippen LogP contribution in [0.5, 0.6) is 5.75 Å². The topological polar surface area (TPSA) is 21.3 Å². The van der Waals surface area contributed by atoms with E-state index in [0.29, 0.717) is 18.7 Å². The number of halogens is 3. The summed E-state index contributed by atoms with van der Waals surface area (Å²) in [5.41, 5.74) is 0.497. The van der Waals surface area contributed by atoms with Crippen molar-refractivity contribution in [2.24, 2.45) is 0 Å². The van der Waals surface area contributed by atoms with E-state index in [-0.39, 0.29) is 10.5 Å². The van der Waals surface area contributed by atoms with E-state index in [0.717, 1.165) is 0 Å². The minimum atomic E-state index is -4.66. The molecule has 19 heavy (non-hydrogen) atoms. The summed E-state index contributed by atoms with van der Waals surface area (Å²) in [5.74, 6) is -0.149. The van der Waals surface area contributed by atoms with Gasteiger partial charge in [-0.25, -0.2) is 0 Å². The quantitative estimate of drug-likeness (QED) is 0.861. The molecule has 0 fully saturated rings. The zero-order valence-electron chi connectivity index (χ0n) is 11.2. The van der Waals surface area contributed by atoms with Crippen molar-refractivity contribution in [2.45, 2.75) is 31.5 Å². The lowest BCUT2D eigenvalue weighted by Gasteiger charge is -2.22. The lowest BCUT2D eigenvalue weighted by atomic mass is 10.1. The number of rotatable bonds is 6.